The van der Waals surface area contributed by atoms with Crippen molar-refractivity contribution in [2.45, 2.75) is 26.9 Å². The SMILES string of the molecule is CCOC(=O)c1[nH]c(C)c(C(=O)COc2ccccc2C(F)(F)F)c1C. The first-order valence-electron chi connectivity index (χ1n) is 7.85. The first-order valence-corrected chi connectivity index (χ1v) is 7.85. The van der Waals surface area contributed by atoms with Gasteiger partial charge in [-0.1, -0.05) is 12.1 Å². The number of hydrogen-bond donors (Lipinski definition) is 1. The van der Waals surface area contributed by atoms with E-state index in [1.165, 1.54) is 12.1 Å². The maximum Gasteiger partial charge on any atom is 0.419 e. The Kier molecular flexibility index (Phi) is 5.74. The van der Waals surface area contributed by atoms with Crippen LogP contribution in [0.1, 0.15) is 44.6 Å². The van der Waals surface area contributed by atoms with Crippen molar-refractivity contribution < 1.29 is 32.2 Å². The number of nitrogens with one attached hydrogen (secondary N) is 1. The molecule has 0 aliphatic heterocycles. The van der Waals surface area contributed by atoms with Crippen molar-refractivity contribution in [2.75, 3.05) is 13.2 Å². The van der Waals surface area contributed by atoms with Gasteiger partial charge < -0.3 is 14.5 Å². The number of halogens is 3. The molecular formula is C18H18F3NO4. The van der Waals surface area contributed by atoms with E-state index in [9.17, 15) is 22.8 Å². The van der Waals surface area contributed by atoms with Crippen molar-refractivity contribution in [3.05, 3.63) is 52.3 Å². The maximum absolute atomic E-state index is 13.0. The highest BCUT2D eigenvalue weighted by molar-refractivity contribution is 6.03. The smallest absolute Gasteiger partial charge is 0.419 e. The lowest BCUT2D eigenvalue weighted by molar-refractivity contribution is -0.138. The van der Waals surface area contributed by atoms with Gasteiger partial charge in [-0.15, -0.1) is 0 Å². The van der Waals surface area contributed by atoms with Gasteiger partial charge in [0.25, 0.3) is 0 Å². The lowest BCUT2D eigenvalue weighted by Crippen LogP contribution is -2.16. The third-order valence-corrected chi connectivity index (χ3v) is 3.75. The number of alkyl halides is 3. The van der Waals surface area contributed by atoms with Gasteiger partial charge in [0.15, 0.2) is 6.61 Å². The van der Waals surface area contributed by atoms with Crippen molar-refractivity contribution >= 4 is 11.8 Å². The van der Waals surface area contributed by atoms with Crippen LogP contribution in [0.4, 0.5) is 13.2 Å². The summed E-state index contributed by atoms with van der Waals surface area (Å²) in [5, 5.41) is 0. The molecule has 0 amide bonds. The standard InChI is InChI=1S/C18H18F3NO4/c1-4-25-17(24)16-10(2)15(11(3)22-16)13(23)9-26-14-8-6-5-7-12(14)18(19,20)21/h5-8,22H,4,9H2,1-3H3. The predicted octanol–water partition coefficient (Wildman–Crippen LogP) is 4.09. The summed E-state index contributed by atoms with van der Waals surface area (Å²) in [6.45, 7) is 4.39. The van der Waals surface area contributed by atoms with Gasteiger partial charge in [0.2, 0.25) is 5.78 Å². The summed E-state index contributed by atoms with van der Waals surface area (Å²) in [6, 6.07) is 4.66. The van der Waals surface area contributed by atoms with E-state index in [0.717, 1.165) is 12.1 Å². The Hall–Kier alpha value is -2.77. The van der Waals surface area contributed by atoms with Crippen LogP contribution in [-0.4, -0.2) is 30.0 Å². The molecule has 0 bridgehead atoms. The van der Waals surface area contributed by atoms with Crippen molar-refractivity contribution in [1.29, 1.82) is 0 Å². The van der Waals surface area contributed by atoms with Crippen LogP contribution in [0.2, 0.25) is 0 Å². The Labute approximate surface area is 148 Å². The van der Waals surface area contributed by atoms with Crippen molar-refractivity contribution in [3.63, 3.8) is 0 Å². The third kappa shape index (κ3) is 4.07. The predicted molar refractivity (Wildman–Crippen MR) is 87.5 cm³/mol. The Balaban J connectivity index is 2.21. The Bertz CT molecular complexity index is 824. The molecule has 26 heavy (non-hydrogen) atoms. The van der Waals surface area contributed by atoms with E-state index in [1.54, 1.807) is 20.8 Å². The fraction of sp³-hybridized carbons (Fsp3) is 0.333. The van der Waals surface area contributed by atoms with Gasteiger partial charge in [0.05, 0.1) is 12.2 Å². The molecule has 0 fully saturated rings. The molecule has 0 saturated heterocycles. The number of ether oxygens (including phenoxy) is 2. The number of carbonyl (C=O) groups is 2. The average Bonchev–Trinajstić information content (AvgIpc) is 2.87. The highest BCUT2D eigenvalue weighted by Gasteiger charge is 2.34. The molecule has 0 unspecified atom stereocenters. The fourth-order valence-corrected chi connectivity index (χ4v) is 2.62. The summed E-state index contributed by atoms with van der Waals surface area (Å²) in [5.74, 6) is -1.57. The molecule has 1 aromatic carbocycles. The molecule has 140 valence electrons. The van der Waals surface area contributed by atoms with Gasteiger partial charge in [-0.05, 0) is 38.5 Å². The number of aryl methyl sites for hydroxylation is 1. The van der Waals surface area contributed by atoms with Crippen LogP contribution >= 0.6 is 0 Å². The molecule has 5 nitrogen and oxygen atoms in total. The minimum atomic E-state index is -4.59. The summed E-state index contributed by atoms with van der Waals surface area (Å²) < 4.78 is 48.9. The number of esters is 1. The summed E-state index contributed by atoms with van der Waals surface area (Å²) in [4.78, 5) is 27.1. The minimum Gasteiger partial charge on any atom is -0.485 e. The van der Waals surface area contributed by atoms with Crippen LogP contribution in [0.25, 0.3) is 0 Å². The van der Waals surface area contributed by atoms with Crippen molar-refractivity contribution in [3.8, 4) is 5.75 Å². The Morgan fingerprint density at radius 3 is 2.42 bits per heavy atom. The summed E-state index contributed by atoms with van der Waals surface area (Å²) >= 11 is 0. The minimum absolute atomic E-state index is 0.142. The largest absolute Gasteiger partial charge is 0.485 e. The number of aromatic amines is 1. The van der Waals surface area contributed by atoms with Gasteiger partial charge in [-0.25, -0.2) is 4.79 Å². The highest BCUT2D eigenvalue weighted by Crippen LogP contribution is 2.36. The molecule has 0 radical (unpaired) electrons. The van der Waals surface area contributed by atoms with Crippen LogP contribution in [0, 0.1) is 13.8 Å². The number of carbonyl (C=O) groups excluding carboxylic acids is 2. The molecule has 0 atom stereocenters. The van der Waals surface area contributed by atoms with E-state index in [-0.39, 0.29) is 17.9 Å². The summed E-state index contributed by atoms with van der Waals surface area (Å²) in [6.07, 6.45) is -4.59. The van der Waals surface area contributed by atoms with Crippen LogP contribution in [-0.2, 0) is 10.9 Å². The molecule has 1 aromatic heterocycles. The average molecular weight is 369 g/mol. The molecule has 2 aromatic rings. The third-order valence-electron chi connectivity index (χ3n) is 3.75. The second kappa shape index (κ2) is 7.63. The normalized spacial score (nSPS) is 11.3. The van der Waals surface area contributed by atoms with E-state index in [0.29, 0.717) is 11.3 Å². The number of hydrogen-bond acceptors (Lipinski definition) is 4. The van der Waals surface area contributed by atoms with Crippen LogP contribution in [0.5, 0.6) is 5.75 Å². The van der Waals surface area contributed by atoms with Crippen LogP contribution in [0.15, 0.2) is 24.3 Å². The van der Waals surface area contributed by atoms with Crippen molar-refractivity contribution in [1.82, 2.24) is 4.98 Å². The van der Waals surface area contributed by atoms with Crippen LogP contribution < -0.4 is 4.74 Å². The molecular weight excluding hydrogens is 351 g/mol. The van der Waals surface area contributed by atoms with E-state index >= 15 is 0 Å². The van der Waals surface area contributed by atoms with Crippen molar-refractivity contribution in [2.24, 2.45) is 0 Å². The number of ketones is 1. The zero-order valence-corrected chi connectivity index (χ0v) is 14.5. The summed E-state index contributed by atoms with van der Waals surface area (Å²) in [5.41, 5.74) is 0.186. The summed E-state index contributed by atoms with van der Waals surface area (Å²) in [7, 11) is 0. The fourth-order valence-electron chi connectivity index (χ4n) is 2.62. The Morgan fingerprint density at radius 1 is 1.15 bits per heavy atom. The van der Waals surface area contributed by atoms with E-state index < -0.39 is 35.8 Å². The van der Waals surface area contributed by atoms with E-state index in [1.807, 2.05) is 0 Å². The topological polar surface area (TPSA) is 68.4 Å². The number of benzene rings is 1. The van der Waals surface area contributed by atoms with E-state index in [4.69, 9.17) is 9.47 Å². The van der Waals surface area contributed by atoms with Gasteiger partial charge in [0, 0.05) is 11.3 Å². The van der Waals surface area contributed by atoms with Crippen LogP contribution in [0.3, 0.4) is 0 Å². The first kappa shape index (κ1) is 19.6. The molecule has 2 rings (SSSR count). The highest BCUT2D eigenvalue weighted by atomic mass is 19.4. The van der Waals surface area contributed by atoms with Gasteiger partial charge in [-0.3, -0.25) is 4.79 Å². The molecule has 0 aliphatic carbocycles. The molecule has 0 saturated carbocycles. The zero-order chi connectivity index (χ0) is 19.5. The molecule has 1 N–H and O–H groups in total. The molecule has 0 aliphatic rings. The van der Waals surface area contributed by atoms with Gasteiger partial charge in [-0.2, -0.15) is 13.2 Å². The Morgan fingerprint density at radius 2 is 1.81 bits per heavy atom. The van der Waals surface area contributed by atoms with Gasteiger partial charge >= 0.3 is 12.1 Å². The quantitative estimate of drug-likeness (QED) is 0.615. The number of Topliss-reactive ketones (excluding diaryl/α,β-unsaturated/α-hetero) is 1. The molecule has 8 heteroatoms. The maximum atomic E-state index is 13.0. The molecule has 0 spiro atoms. The number of rotatable bonds is 6. The second-order valence-corrected chi connectivity index (χ2v) is 5.55. The number of H-pyrrole nitrogens is 1. The molecule has 1 heterocycles. The van der Waals surface area contributed by atoms with E-state index in [2.05, 4.69) is 4.98 Å². The number of para-hydroxylation sites is 1. The lowest BCUT2D eigenvalue weighted by atomic mass is 10.1. The second-order valence-electron chi connectivity index (χ2n) is 5.55. The lowest BCUT2D eigenvalue weighted by Gasteiger charge is -2.13. The zero-order valence-electron chi connectivity index (χ0n) is 14.5. The monoisotopic (exact) mass is 369 g/mol. The number of aromatic nitrogens is 1. The van der Waals surface area contributed by atoms with Gasteiger partial charge in [0.1, 0.15) is 11.4 Å². The first-order chi connectivity index (χ1) is 12.2.